The van der Waals surface area contributed by atoms with Crippen LogP contribution in [0.5, 0.6) is 5.75 Å². The van der Waals surface area contributed by atoms with Crippen molar-refractivity contribution >= 4 is 0 Å². The number of aromatic hydroxyl groups is 1. The summed E-state index contributed by atoms with van der Waals surface area (Å²) in [5.41, 5.74) is 0.118. The number of nitriles is 1. The lowest BCUT2D eigenvalue weighted by Crippen LogP contribution is -1.91. The molecular formula is C7H5FN2O. The summed E-state index contributed by atoms with van der Waals surface area (Å²) in [4.78, 5) is 3.23. The summed E-state index contributed by atoms with van der Waals surface area (Å²) in [6.45, 7) is 0. The highest BCUT2D eigenvalue weighted by Gasteiger charge is 2.02. The summed E-state index contributed by atoms with van der Waals surface area (Å²) in [5, 5.41) is 17.0. The summed E-state index contributed by atoms with van der Waals surface area (Å²) in [5.74, 6) is -0.832. The molecule has 4 heteroatoms. The van der Waals surface area contributed by atoms with Crippen molar-refractivity contribution in [1.82, 2.24) is 4.98 Å². The van der Waals surface area contributed by atoms with Crippen LogP contribution in [-0.4, -0.2) is 10.1 Å². The Morgan fingerprint density at radius 1 is 1.73 bits per heavy atom. The first-order chi connectivity index (χ1) is 5.24. The van der Waals surface area contributed by atoms with Crippen molar-refractivity contribution in [2.24, 2.45) is 0 Å². The minimum Gasteiger partial charge on any atom is -0.506 e. The molecule has 3 nitrogen and oxygen atoms in total. The van der Waals surface area contributed by atoms with E-state index in [1.54, 1.807) is 6.07 Å². The SMILES string of the molecule is N#CCc1cc(O)cnc1F. The van der Waals surface area contributed by atoms with Gasteiger partial charge in [-0.2, -0.15) is 9.65 Å². The van der Waals surface area contributed by atoms with Crippen LogP contribution in [0.2, 0.25) is 0 Å². The van der Waals surface area contributed by atoms with Gasteiger partial charge in [-0.3, -0.25) is 0 Å². The van der Waals surface area contributed by atoms with E-state index in [1.807, 2.05) is 0 Å². The Balaban J connectivity index is 3.05. The maximum Gasteiger partial charge on any atom is 0.217 e. The second kappa shape index (κ2) is 2.97. The van der Waals surface area contributed by atoms with Crippen LogP contribution in [-0.2, 0) is 6.42 Å². The summed E-state index contributed by atoms with van der Waals surface area (Å²) in [7, 11) is 0. The first kappa shape index (κ1) is 7.48. The van der Waals surface area contributed by atoms with E-state index in [-0.39, 0.29) is 17.7 Å². The number of hydrogen-bond donors (Lipinski definition) is 1. The molecule has 0 aliphatic heterocycles. The van der Waals surface area contributed by atoms with Gasteiger partial charge in [-0.1, -0.05) is 0 Å². The van der Waals surface area contributed by atoms with Gasteiger partial charge in [0.15, 0.2) is 0 Å². The fourth-order valence-corrected chi connectivity index (χ4v) is 0.690. The summed E-state index contributed by atoms with van der Waals surface area (Å²) >= 11 is 0. The van der Waals surface area contributed by atoms with E-state index in [4.69, 9.17) is 10.4 Å². The second-order valence-corrected chi connectivity index (χ2v) is 1.98. The fraction of sp³-hybridized carbons (Fsp3) is 0.143. The molecule has 0 amide bonds. The highest BCUT2D eigenvalue weighted by molar-refractivity contribution is 5.25. The molecule has 0 saturated heterocycles. The molecule has 0 atom stereocenters. The van der Waals surface area contributed by atoms with Crippen LogP contribution in [0.1, 0.15) is 5.56 Å². The maximum atomic E-state index is 12.6. The van der Waals surface area contributed by atoms with Crippen LogP contribution in [0.25, 0.3) is 0 Å². The zero-order valence-electron chi connectivity index (χ0n) is 5.58. The lowest BCUT2D eigenvalue weighted by atomic mass is 10.2. The Morgan fingerprint density at radius 3 is 3.09 bits per heavy atom. The lowest BCUT2D eigenvalue weighted by Gasteiger charge is -1.95. The average Bonchev–Trinajstić information content (AvgIpc) is 1.98. The van der Waals surface area contributed by atoms with Crippen molar-refractivity contribution in [3.05, 3.63) is 23.8 Å². The molecule has 0 unspecified atom stereocenters. The number of rotatable bonds is 1. The molecule has 56 valence electrons. The summed E-state index contributed by atoms with van der Waals surface area (Å²) in [6, 6.07) is 2.95. The maximum absolute atomic E-state index is 12.6. The summed E-state index contributed by atoms with van der Waals surface area (Å²) in [6.07, 6.45) is 0.920. The Morgan fingerprint density at radius 2 is 2.45 bits per heavy atom. The third-order valence-electron chi connectivity index (χ3n) is 1.17. The van der Waals surface area contributed by atoms with Crippen LogP contribution in [0, 0.1) is 17.3 Å². The van der Waals surface area contributed by atoms with Crippen molar-refractivity contribution in [2.75, 3.05) is 0 Å². The number of aromatic nitrogens is 1. The van der Waals surface area contributed by atoms with Crippen LogP contribution >= 0.6 is 0 Å². The molecule has 0 aliphatic rings. The highest BCUT2D eigenvalue weighted by atomic mass is 19.1. The van der Waals surface area contributed by atoms with Gasteiger partial charge in [-0.15, -0.1) is 0 Å². The van der Waals surface area contributed by atoms with Gasteiger partial charge < -0.3 is 5.11 Å². The van der Waals surface area contributed by atoms with Crippen LogP contribution in [0.4, 0.5) is 4.39 Å². The van der Waals surface area contributed by atoms with Gasteiger partial charge in [-0.05, 0) is 6.07 Å². The second-order valence-electron chi connectivity index (χ2n) is 1.98. The molecule has 1 heterocycles. The van der Waals surface area contributed by atoms with Crippen LogP contribution < -0.4 is 0 Å². The predicted molar refractivity (Wildman–Crippen MR) is 35.2 cm³/mol. The topological polar surface area (TPSA) is 56.9 Å². The zero-order valence-corrected chi connectivity index (χ0v) is 5.58. The van der Waals surface area contributed by atoms with E-state index < -0.39 is 5.95 Å². The molecule has 1 aromatic heterocycles. The number of hydrogen-bond acceptors (Lipinski definition) is 3. The van der Waals surface area contributed by atoms with Crippen molar-refractivity contribution in [1.29, 1.82) is 5.26 Å². The van der Waals surface area contributed by atoms with Crippen LogP contribution in [0.15, 0.2) is 12.3 Å². The number of pyridine rings is 1. The monoisotopic (exact) mass is 152 g/mol. The Labute approximate surface area is 62.7 Å². The third-order valence-corrected chi connectivity index (χ3v) is 1.17. The lowest BCUT2D eigenvalue weighted by molar-refractivity contribution is 0.464. The molecule has 0 saturated carbocycles. The van der Waals surface area contributed by atoms with Crippen molar-refractivity contribution in [3.8, 4) is 11.8 Å². The highest BCUT2D eigenvalue weighted by Crippen LogP contribution is 2.12. The van der Waals surface area contributed by atoms with E-state index in [0.29, 0.717) is 0 Å². The average molecular weight is 152 g/mol. The van der Waals surface area contributed by atoms with Crippen LogP contribution in [0.3, 0.4) is 0 Å². The Hall–Kier alpha value is -1.63. The predicted octanol–water partition coefficient (Wildman–Crippen LogP) is 0.992. The number of halogens is 1. The molecular weight excluding hydrogens is 147 g/mol. The van der Waals surface area contributed by atoms with E-state index in [1.165, 1.54) is 6.07 Å². The molecule has 1 aromatic rings. The molecule has 1 rings (SSSR count). The van der Waals surface area contributed by atoms with Gasteiger partial charge in [-0.25, -0.2) is 4.98 Å². The van der Waals surface area contributed by atoms with E-state index in [9.17, 15) is 4.39 Å². The third kappa shape index (κ3) is 1.64. The molecule has 1 N–H and O–H groups in total. The molecule has 0 bridgehead atoms. The van der Waals surface area contributed by atoms with Gasteiger partial charge >= 0.3 is 0 Å². The van der Waals surface area contributed by atoms with Crippen molar-refractivity contribution in [2.45, 2.75) is 6.42 Å². The normalized spacial score (nSPS) is 9.09. The van der Waals surface area contributed by atoms with Crippen molar-refractivity contribution in [3.63, 3.8) is 0 Å². The first-order valence-electron chi connectivity index (χ1n) is 2.94. The molecule has 0 radical (unpaired) electrons. The molecule has 0 fully saturated rings. The minimum absolute atomic E-state index is 0.0762. The van der Waals surface area contributed by atoms with Gasteiger partial charge in [0.2, 0.25) is 5.95 Å². The molecule has 0 aromatic carbocycles. The van der Waals surface area contributed by atoms with Gasteiger partial charge in [0.1, 0.15) is 5.75 Å². The standard InChI is InChI=1S/C7H5FN2O/c8-7-5(1-2-9)3-6(11)4-10-7/h3-4,11H,1H2. The molecule has 0 aliphatic carbocycles. The summed E-state index contributed by atoms with van der Waals surface area (Å²) < 4.78 is 12.6. The van der Waals surface area contributed by atoms with E-state index in [0.717, 1.165) is 6.20 Å². The Bertz CT molecular complexity index is 306. The van der Waals surface area contributed by atoms with Gasteiger partial charge in [0.25, 0.3) is 0 Å². The minimum atomic E-state index is -0.704. The van der Waals surface area contributed by atoms with Gasteiger partial charge in [0, 0.05) is 5.56 Å². The quantitative estimate of drug-likeness (QED) is 0.610. The Kier molecular flexibility index (Phi) is 2.02. The van der Waals surface area contributed by atoms with E-state index >= 15 is 0 Å². The fourth-order valence-electron chi connectivity index (χ4n) is 0.690. The smallest absolute Gasteiger partial charge is 0.217 e. The largest absolute Gasteiger partial charge is 0.506 e. The van der Waals surface area contributed by atoms with E-state index in [2.05, 4.69) is 4.98 Å². The zero-order chi connectivity index (χ0) is 8.27. The first-order valence-corrected chi connectivity index (χ1v) is 2.94. The van der Waals surface area contributed by atoms with Crippen molar-refractivity contribution < 1.29 is 9.50 Å². The molecule has 0 spiro atoms. The number of nitrogens with zero attached hydrogens (tertiary/aromatic N) is 2. The van der Waals surface area contributed by atoms with Gasteiger partial charge in [0.05, 0.1) is 18.7 Å². The molecule has 11 heavy (non-hydrogen) atoms.